The van der Waals surface area contributed by atoms with Crippen LogP contribution >= 0.6 is 0 Å². The second kappa shape index (κ2) is 10.9. The number of hydrogen-bond acceptors (Lipinski definition) is 7. The van der Waals surface area contributed by atoms with Gasteiger partial charge in [0.1, 0.15) is 18.2 Å². The predicted octanol–water partition coefficient (Wildman–Crippen LogP) is 2.62. The minimum atomic E-state index is -0.852. The molecule has 0 spiro atoms. The first-order valence-corrected chi connectivity index (χ1v) is 11.9. The zero-order chi connectivity index (χ0) is 26.6. The van der Waals surface area contributed by atoms with Crippen molar-refractivity contribution >= 4 is 11.9 Å². The summed E-state index contributed by atoms with van der Waals surface area (Å²) >= 11 is 0. The summed E-state index contributed by atoms with van der Waals surface area (Å²) in [4.78, 5) is 45.4. The molecule has 1 aliphatic heterocycles. The van der Waals surface area contributed by atoms with Gasteiger partial charge in [0.05, 0.1) is 19.2 Å². The zero-order valence-corrected chi connectivity index (χ0v) is 21.0. The van der Waals surface area contributed by atoms with Crippen LogP contribution in [0.25, 0.3) is 0 Å². The lowest BCUT2D eigenvalue weighted by Crippen LogP contribution is -2.54. The highest BCUT2D eigenvalue weighted by molar-refractivity contribution is 5.94. The molecule has 37 heavy (non-hydrogen) atoms. The molecule has 194 valence electrons. The molecule has 2 aromatic carbocycles. The summed E-state index contributed by atoms with van der Waals surface area (Å²) in [6.07, 6.45) is 0. The van der Waals surface area contributed by atoms with Gasteiger partial charge in [-0.1, -0.05) is 42.5 Å². The number of carbonyl (C=O) groups excluding carboxylic acids is 2. The molecule has 0 radical (unpaired) electrons. The summed E-state index contributed by atoms with van der Waals surface area (Å²) in [5.41, 5.74) is 0.0313. The van der Waals surface area contributed by atoms with Gasteiger partial charge >= 0.3 is 5.97 Å². The third-order valence-corrected chi connectivity index (χ3v) is 6.41. The van der Waals surface area contributed by atoms with E-state index in [9.17, 15) is 18.8 Å². The fraction of sp³-hybridized carbons (Fsp3) is 0.333. The second-order valence-electron chi connectivity index (χ2n) is 9.21. The normalized spacial score (nSPS) is 14.5. The van der Waals surface area contributed by atoms with Crippen LogP contribution in [0.2, 0.25) is 0 Å². The van der Waals surface area contributed by atoms with Crippen LogP contribution < -0.4 is 15.6 Å². The van der Waals surface area contributed by atoms with Gasteiger partial charge in [-0.15, -0.1) is 0 Å². The number of fused-ring (bicyclic) bond motifs is 1. The second-order valence-corrected chi connectivity index (χ2v) is 9.21. The molecular weight excluding hydrogens is 479 g/mol. The van der Waals surface area contributed by atoms with Gasteiger partial charge < -0.3 is 14.8 Å². The predicted molar refractivity (Wildman–Crippen MR) is 133 cm³/mol. The van der Waals surface area contributed by atoms with Crippen molar-refractivity contribution < 1.29 is 23.5 Å². The molecule has 10 heteroatoms. The minimum absolute atomic E-state index is 0.0116. The van der Waals surface area contributed by atoms with Crippen LogP contribution in [0, 0.1) is 5.82 Å². The minimum Gasteiger partial charge on any atom is -0.481 e. The average molecular weight is 509 g/mol. The van der Waals surface area contributed by atoms with Gasteiger partial charge in [0.15, 0.2) is 5.69 Å². The van der Waals surface area contributed by atoms with E-state index in [4.69, 9.17) is 9.47 Å². The maximum Gasteiger partial charge on any atom is 0.319 e. The lowest BCUT2D eigenvalue weighted by atomic mass is 9.98. The number of hydrogen-bond donors (Lipinski definition) is 1. The Hall–Kier alpha value is -4.05. The van der Waals surface area contributed by atoms with E-state index in [0.29, 0.717) is 17.9 Å². The Balaban J connectivity index is 1.70. The lowest BCUT2D eigenvalue weighted by Gasteiger charge is -2.42. The van der Waals surface area contributed by atoms with Crippen molar-refractivity contribution in [2.45, 2.75) is 39.1 Å². The molecule has 0 atom stereocenters. The smallest absolute Gasteiger partial charge is 0.319 e. The average Bonchev–Trinajstić information content (AvgIpc) is 2.89. The van der Waals surface area contributed by atoms with Gasteiger partial charge in [-0.25, -0.2) is 9.37 Å². The Morgan fingerprint density at radius 3 is 2.43 bits per heavy atom. The van der Waals surface area contributed by atoms with E-state index in [1.54, 1.807) is 12.1 Å². The highest BCUT2D eigenvalue weighted by atomic mass is 19.1. The van der Waals surface area contributed by atoms with Crippen LogP contribution in [0.1, 0.15) is 41.3 Å². The number of methoxy groups -OCH3 is 1. The molecule has 0 saturated heterocycles. The van der Waals surface area contributed by atoms with E-state index in [2.05, 4.69) is 10.3 Å². The van der Waals surface area contributed by atoms with E-state index >= 15 is 0 Å². The highest BCUT2D eigenvalue weighted by Crippen LogP contribution is 2.31. The number of halogens is 1. The Labute approximate surface area is 213 Å². The number of amides is 1. The first kappa shape index (κ1) is 26.0. The Morgan fingerprint density at radius 2 is 1.76 bits per heavy atom. The number of esters is 1. The van der Waals surface area contributed by atoms with Crippen molar-refractivity contribution in [3.63, 3.8) is 0 Å². The van der Waals surface area contributed by atoms with E-state index in [1.165, 1.54) is 23.8 Å². The van der Waals surface area contributed by atoms with Gasteiger partial charge in [0.25, 0.3) is 11.5 Å². The number of nitrogens with zero attached hydrogens (tertiary/aromatic N) is 3. The van der Waals surface area contributed by atoms with E-state index in [1.807, 2.05) is 49.1 Å². The first-order chi connectivity index (χ1) is 17.7. The SMILES string of the molecule is COC(=O)CN1CCn2c(nc(C(=O)NCc3ccc(F)cc3)c(OCc3ccccc3)c2=O)C1(C)C. The van der Waals surface area contributed by atoms with E-state index in [-0.39, 0.29) is 43.5 Å². The molecule has 0 unspecified atom stereocenters. The fourth-order valence-electron chi connectivity index (χ4n) is 4.23. The summed E-state index contributed by atoms with van der Waals surface area (Å²) in [5, 5.41) is 2.75. The number of benzene rings is 2. The van der Waals surface area contributed by atoms with Gasteiger partial charge in [0, 0.05) is 19.6 Å². The third kappa shape index (κ3) is 5.69. The van der Waals surface area contributed by atoms with Gasteiger partial charge in [-0.2, -0.15) is 0 Å². The Bertz CT molecular complexity index is 1340. The molecule has 2 heterocycles. The number of carbonyl (C=O) groups is 2. The molecule has 1 aliphatic rings. The Morgan fingerprint density at radius 1 is 1.05 bits per heavy atom. The van der Waals surface area contributed by atoms with Crippen molar-refractivity contribution in [2.24, 2.45) is 0 Å². The molecule has 4 rings (SSSR count). The van der Waals surface area contributed by atoms with Crippen LogP contribution in [0.4, 0.5) is 4.39 Å². The maximum absolute atomic E-state index is 13.6. The maximum atomic E-state index is 13.6. The summed E-state index contributed by atoms with van der Waals surface area (Å²) in [5.74, 6) is -1.21. The molecule has 1 N–H and O–H groups in total. The van der Waals surface area contributed by atoms with Crippen LogP contribution in [-0.4, -0.2) is 46.5 Å². The number of ether oxygens (including phenoxy) is 2. The molecule has 0 aliphatic carbocycles. The summed E-state index contributed by atoms with van der Waals surface area (Å²) in [6, 6.07) is 15.0. The summed E-state index contributed by atoms with van der Waals surface area (Å²) in [7, 11) is 1.32. The number of nitrogens with one attached hydrogen (secondary N) is 1. The third-order valence-electron chi connectivity index (χ3n) is 6.41. The fourth-order valence-corrected chi connectivity index (χ4v) is 4.23. The van der Waals surface area contributed by atoms with Crippen LogP contribution in [0.15, 0.2) is 59.4 Å². The lowest BCUT2D eigenvalue weighted by molar-refractivity contribution is -0.144. The van der Waals surface area contributed by atoms with Crippen molar-refractivity contribution in [1.29, 1.82) is 0 Å². The van der Waals surface area contributed by atoms with Gasteiger partial charge in [-0.3, -0.25) is 23.9 Å². The number of rotatable bonds is 8. The zero-order valence-electron chi connectivity index (χ0n) is 21.0. The first-order valence-electron chi connectivity index (χ1n) is 11.9. The summed E-state index contributed by atoms with van der Waals surface area (Å²) in [6.45, 7) is 4.53. The van der Waals surface area contributed by atoms with E-state index in [0.717, 1.165) is 5.56 Å². The van der Waals surface area contributed by atoms with Crippen molar-refractivity contribution in [1.82, 2.24) is 19.8 Å². The quantitative estimate of drug-likeness (QED) is 0.467. The van der Waals surface area contributed by atoms with Gasteiger partial charge in [0.2, 0.25) is 5.75 Å². The molecule has 1 amide bonds. The van der Waals surface area contributed by atoms with Crippen LogP contribution in [-0.2, 0) is 34.8 Å². The highest BCUT2D eigenvalue weighted by Gasteiger charge is 2.40. The number of aromatic nitrogens is 2. The largest absolute Gasteiger partial charge is 0.481 e. The molecule has 0 saturated carbocycles. The van der Waals surface area contributed by atoms with Gasteiger partial charge in [-0.05, 0) is 37.1 Å². The molecule has 9 nitrogen and oxygen atoms in total. The topological polar surface area (TPSA) is 103 Å². The van der Waals surface area contributed by atoms with E-state index < -0.39 is 23.0 Å². The molecular formula is C27H29FN4O5. The monoisotopic (exact) mass is 508 g/mol. The van der Waals surface area contributed by atoms with Crippen LogP contribution in [0.3, 0.4) is 0 Å². The van der Waals surface area contributed by atoms with Crippen LogP contribution in [0.5, 0.6) is 5.75 Å². The molecule has 0 bridgehead atoms. The standard InChI is InChI=1S/C27H29FN4O5/c1-27(2)26-30-22(24(34)29-15-18-9-11-20(28)12-10-18)23(37-17-19-7-5-4-6-8-19)25(35)32(26)14-13-31(27)16-21(33)36-3/h4-12H,13-17H2,1-3H3,(H,29,34). The van der Waals surface area contributed by atoms with Crippen molar-refractivity contribution in [3.05, 3.63) is 93.4 Å². The van der Waals surface area contributed by atoms with Crippen molar-refractivity contribution in [3.8, 4) is 5.75 Å². The summed E-state index contributed by atoms with van der Waals surface area (Å²) < 4.78 is 25.5. The Kier molecular flexibility index (Phi) is 7.68. The molecule has 3 aromatic rings. The van der Waals surface area contributed by atoms with Crippen molar-refractivity contribution in [2.75, 3.05) is 20.2 Å². The molecule has 0 fully saturated rings. The molecule has 1 aromatic heterocycles.